The van der Waals surface area contributed by atoms with E-state index in [2.05, 4.69) is 15.9 Å². The Kier molecular flexibility index (Phi) is 3.90. The molecule has 0 saturated carbocycles. The number of aryl methyl sites for hydroxylation is 1. The quantitative estimate of drug-likeness (QED) is 0.830. The Morgan fingerprint density at radius 2 is 2.09 bits per heavy atom. The zero-order valence-electron chi connectivity index (χ0n) is 12.8. The minimum atomic E-state index is -1.87. The largest absolute Gasteiger partial charge is 0.458 e. The lowest BCUT2D eigenvalue weighted by Gasteiger charge is -2.21. The van der Waals surface area contributed by atoms with E-state index in [1.807, 2.05) is 6.92 Å². The second-order valence-electron chi connectivity index (χ2n) is 5.58. The molecule has 6 heteroatoms. The van der Waals surface area contributed by atoms with Crippen LogP contribution in [0.25, 0.3) is 0 Å². The van der Waals surface area contributed by atoms with E-state index >= 15 is 0 Å². The van der Waals surface area contributed by atoms with Crippen molar-refractivity contribution in [2.24, 2.45) is 0 Å². The highest BCUT2D eigenvalue weighted by Gasteiger charge is 2.50. The summed E-state index contributed by atoms with van der Waals surface area (Å²) in [6, 6.07) is 8.48. The number of halogens is 1. The number of fused-ring (bicyclic) bond motifs is 1. The topological polar surface area (TPSA) is 70.8 Å². The lowest BCUT2D eigenvalue weighted by molar-refractivity contribution is -0.135. The van der Waals surface area contributed by atoms with E-state index in [1.54, 1.807) is 37.3 Å². The van der Waals surface area contributed by atoms with Crippen molar-refractivity contribution in [3.05, 3.63) is 51.9 Å². The summed E-state index contributed by atoms with van der Waals surface area (Å²) in [5.74, 6) is -0.130. The first-order valence-electron chi connectivity index (χ1n) is 7.31. The van der Waals surface area contributed by atoms with Gasteiger partial charge in [-0.05, 0) is 44.2 Å². The highest BCUT2D eigenvalue weighted by Crippen LogP contribution is 2.44. The van der Waals surface area contributed by atoms with Crippen LogP contribution in [-0.4, -0.2) is 23.3 Å². The summed E-state index contributed by atoms with van der Waals surface area (Å²) in [4.78, 5) is 26.6. The number of carbonyl (C=O) groups is 2. The third kappa shape index (κ3) is 2.52. The Bertz CT molecular complexity index is 798. The van der Waals surface area contributed by atoms with Gasteiger partial charge in [-0.15, -0.1) is 0 Å². The van der Waals surface area contributed by atoms with Crippen LogP contribution < -0.4 is 4.90 Å². The average molecular weight is 378 g/mol. The van der Waals surface area contributed by atoms with Gasteiger partial charge in [0.15, 0.2) is 11.4 Å². The number of carbonyl (C=O) groups excluding carboxylic acids is 2. The maximum atomic E-state index is 12.7. The molecule has 1 N–H and O–H groups in total. The predicted molar refractivity (Wildman–Crippen MR) is 88.5 cm³/mol. The molecule has 0 bridgehead atoms. The summed E-state index contributed by atoms with van der Waals surface area (Å²) < 4.78 is 6.04. The van der Waals surface area contributed by atoms with Gasteiger partial charge in [0, 0.05) is 16.6 Å². The van der Waals surface area contributed by atoms with Gasteiger partial charge in [0.2, 0.25) is 5.78 Å². The minimum Gasteiger partial charge on any atom is -0.458 e. The number of anilines is 1. The van der Waals surface area contributed by atoms with Crippen LogP contribution in [0.2, 0.25) is 0 Å². The fourth-order valence-corrected chi connectivity index (χ4v) is 3.27. The summed E-state index contributed by atoms with van der Waals surface area (Å²) in [5, 5.41) is 11.0. The summed E-state index contributed by atoms with van der Waals surface area (Å²) >= 11 is 3.35. The first-order valence-corrected chi connectivity index (χ1v) is 8.10. The predicted octanol–water partition coefficient (Wildman–Crippen LogP) is 3.18. The molecule has 2 aromatic rings. The zero-order valence-corrected chi connectivity index (χ0v) is 14.4. The van der Waals surface area contributed by atoms with Crippen molar-refractivity contribution in [1.82, 2.24) is 0 Å². The van der Waals surface area contributed by atoms with Gasteiger partial charge in [0.05, 0.1) is 12.1 Å². The maximum Gasteiger partial charge on any atom is 0.264 e. The lowest BCUT2D eigenvalue weighted by Crippen LogP contribution is -2.41. The lowest BCUT2D eigenvalue weighted by atomic mass is 9.89. The number of nitrogens with zero attached hydrogens (tertiary/aromatic N) is 1. The molecule has 1 amide bonds. The molecule has 0 fully saturated rings. The van der Waals surface area contributed by atoms with Crippen molar-refractivity contribution in [3.8, 4) is 0 Å². The van der Waals surface area contributed by atoms with Crippen LogP contribution in [0, 0.1) is 6.92 Å². The Labute approximate surface area is 142 Å². The first-order chi connectivity index (χ1) is 10.9. The number of likely N-dealkylation sites (N-methyl/N-ethyl adjacent to an activating group) is 1. The average Bonchev–Trinajstić information content (AvgIpc) is 3.02. The van der Waals surface area contributed by atoms with Gasteiger partial charge in [-0.1, -0.05) is 15.9 Å². The van der Waals surface area contributed by atoms with Crippen LogP contribution in [-0.2, 0) is 10.4 Å². The second-order valence-corrected chi connectivity index (χ2v) is 6.50. The number of hydrogen-bond acceptors (Lipinski definition) is 4. The van der Waals surface area contributed by atoms with E-state index in [9.17, 15) is 14.7 Å². The number of benzene rings is 1. The number of hydrogen-bond donors (Lipinski definition) is 1. The summed E-state index contributed by atoms with van der Waals surface area (Å²) in [6.07, 6.45) is -0.348. The van der Waals surface area contributed by atoms with Crippen LogP contribution in [0.1, 0.15) is 35.2 Å². The monoisotopic (exact) mass is 377 g/mol. The van der Waals surface area contributed by atoms with E-state index in [4.69, 9.17) is 4.42 Å². The van der Waals surface area contributed by atoms with Crippen molar-refractivity contribution >= 4 is 33.3 Å². The van der Waals surface area contributed by atoms with Crippen LogP contribution in [0.4, 0.5) is 5.69 Å². The van der Waals surface area contributed by atoms with Crippen molar-refractivity contribution in [1.29, 1.82) is 0 Å². The fourth-order valence-electron chi connectivity index (χ4n) is 2.91. The van der Waals surface area contributed by atoms with Gasteiger partial charge in [-0.3, -0.25) is 9.59 Å². The molecule has 23 heavy (non-hydrogen) atoms. The second kappa shape index (κ2) is 5.62. The SMILES string of the molecule is CCN1C(=O)[C@](O)(CC(=O)c2ccc(C)o2)c2cc(Br)ccc21. The molecule has 1 aromatic heterocycles. The van der Waals surface area contributed by atoms with Crippen LogP contribution in [0.15, 0.2) is 39.2 Å². The Morgan fingerprint density at radius 3 is 2.70 bits per heavy atom. The van der Waals surface area contributed by atoms with Gasteiger partial charge in [0.25, 0.3) is 5.91 Å². The first kappa shape index (κ1) is 16.0. The molecule has 1 aliphatic rings. The van der Waals surface area contributed by atoms with Crippen molar-refractivity contribution in [2.75, 3.05) is 11.4 Å². The van der Waals surface area contributed by atoms with Crippen LogP contribution in [0.3, 0.4) is 0 Å². The number of ketones is 1. The molecular formula is C17H16BrNO4. The molecule has 1 aromatic carbocycles. The smallest absolute Gasteiger partial charge is 0.264 e. The molecule has 1 aliphatic heterocycles. The summed E-state index contributed by atoms with van der Waals surface area (Å²) in [6.45, 7) is 3.98. The van der Waals surface area contributed by atoms with E-state index < -0.39 is 17.3 Å². The zero-order chi connectivity index (χ0) is 16.8. The van der Waals surface area contributed by atoms with Crippen LogP contribution in [0.5, 0.6) is 0 Å². The molecule has 120 valence electrons. The number of Topliss-reactive ketones (excluding diaryl/α,β-unsaturated/α-hetero) is 1. The normalized spacial score (nSPS) is 20.0. The van der Waals surface area contributed by atoms with Crippen molar-refractivity contribution in [2.45, 2.75) is 25.9 Å². The highest BCUT2D eigenvalue weighted by molar-refractivity contribution is 9.10. The third-order valence-electron chi connectivity index (χ3n) is 4.04. The van der Waals surface area contributed by atoms with E-state index in [-0.39, 0.29) is 12.2 Å². The number of amides is 1. The molecule has 1 atom stereocenters. The van der Waals surface area contributed by atoms with Crippen molar-refractivity contribution in [3.63, 3.8) is 0 Å². The van der Waals surface area contributed by atoms with Gasteiger partial charge >= 0.3 is 0 Å². The molecule has 0 aliphatic carbocycles. The summed E-state index contributed by atoms with van der Waals surface area (Å²) in [5.41, 5.74) is -0.797. The molecule has 3 rings (SSSR count). The molecule has 0 saturated heterocycles. The van der Waals surface area contributed by atoms with Gasteiger partial charge < -0.3 is 14.4 Å². The molecule has 0 unspecified atom stereocenters. The molecule has 0 radical (unpaired) electrons. The minimum absolute atomic E-state index is 0.148. The number of rotatable bonds is 4. The Balaban J connectivity index is 2.02. The van der Waals surface area contributed by atoms with Crippen LogP contribution >= 0.6 is 15.9 Å². The standard InChI is InChI=1S/C17H16BrNO4/c1-3-19-13-6-5-11(18)8-12(13)17(22,16(19)21)9-14(20)15-7-4-10(2)23-15/h4-8,22H,3,9H2,1-2H3/t17-/m0/s1. The molecule has 5 nitrogen and oxygen atoms in total. The maximum absolute atomic E-state index is 12.7. The Hall–Kier alpha value is -1.92. The fraction of sp³-hybridized carbons (Fsp3) is 0.294. The molecular weight excluding hydrogens is 362 g/mol. The molecule has 0 spiro atoms. The third-order valence-corrected chi connectivity index (χ3v) is 4.53. The van der Waals surface area contributed by atoms with E-state index in [0.29, 0.717) is 23.6 Å². The van der Waals surface area contributed by atoms with Gasteiger partial charge in [-0.25, -0.2) is 0 Å². The van der Waals surface area contributed by atoms with E-state index in [0.717, 1.165) is 4.47 Å². The Morgan fingerprint density at radius 1 is 1.35 bits per heavy atom. The summed E-state index contributed by atoms with van der Waals surface area (Å²) in [7, 11) is 0. The van der Waals surface area contributed by atoms with Gasteiger partial charge in [-0.2, -0.15) is 0 Å². The van der Waals surface area contributed by atoms with E-state index in [1.165, 1.54) is 4.90 Å². The number of furan rings is 1. The van der Waals surface area contributed by atoms with Crippen molar-refractivity contribution < 1.29 is 19.1 Å². The molecule has 2 heterocycles. The highest BCUT2D eigenvalue weighted by atomic mass is 79.9. The number of aliphatic hydroxyl groups is 1. The van der Waals surface area contributed by atoms with Gasteiger partial charge in [0.1, 0.15) is 5.76 Å².